The van der Waals surface area contributed by atoms with Crippen LogP contribution in [0, 0.1) is 0 Å². The first-order chi connectivity index (χ1) is 8.15. The Labute approximate surface area is 104 Å². The molecule has 0 bridgehead atoms. The lowest BCUT2D eigenvalue weighted by Crippen LogP contribution is -2.49. The van der Waals surface area contributed by atoms with Gasteiger partial charge >= 0.3 is 0 Å². The third-order valence-corrected chi connectivity index (χ3v) is 3.05. The highest BCUT2D eigenvalue weighted by Crippen LogP contribution is 2.14. The lowest BCUT2D eigenvalue weighted by Gasteiger charge is -2.29. The molecule has 17 heavy (non-hydrogen) atoms. The predicted octanol–water partition coefficient (Wildman–Crippen LogP) is 2.50. The predicted molar refractivity (Wildman–Crippen MR) is 62.7 cm³/mol. The molecular formula is C12H14ClF2NO. The minimum Gasteiger partial charge on any atom is -0.369 e. The number of hydrogen-bond acceptors (Lipinski definition) is 2. The Hall–Kier alpha value is -0.710. The van der Waals surface area contributed by atoms with Crippen molar-refractivity contribution in [3.8, 4) is 0 Å². The van der Waals surface area contributed by atoms with E-state index in [1.165, 1.54) is 0 Å². The molecule has 1 aliphatic heterocycles. The average Bonchev–Trinajstić information content (AvgIpc) is 2.33. The monoisotopic (exact) mass is 261 g/mol. The molecule has 0 radical (unpaired) electrons. The third kappa shape index (κ3) is 3.63. The Morgan fingerprint density at radius 2 is 2.06 bits per heavy atom. The number of alkyl halides is 2. The molecule has 1 unspecified atom stereocenters. The highest BCUT2D eigenvalue weighted by Gasteiger charge is 2.27. The first-order valence-electron chi connectivity index (χ1n) is 5.53. The van der Waals surface area contributed by atoms with Crippen molar-refractivity contribution in [2.75, 3.05) is 13.2 Å². The summed E-state index contributed by atoms with van der Waals surface area (Å²) in [4.78, 5) is 0. The van der Waals surface area contributed by atoms with Crippen LogP contribution in [-0.2, 0) is 11.2 Å². The summed E-state index contributed by atoms with van der Waals surface area (Å²) in [5.41, 5.74) is 1.12. The maximum atomic E-state index is 12.3. The van der Waals surface area contributed by atoms with Crippen molar-refractivity contribution in [1.82, 2.24) is 5.32 Å². The van der Waals surface area contributed by atoms with Gasteiger partial charge in [-0.15, -0.1) is 0 Å². The van der Waals surface area contributed by atoms with Gasteiger partial charge < -0.3 is 10.1 Å². The first-order valence-corrected chi connectivity index (χ1v) is 5.90. The van der Waals surface area contributed by atoms with Crippen molar-refractivity contribution in [3.05, 3.63) is 34.9 Å². The minimum atomic E-state index is -2.42. The molecule has 5 heteroatoms. The summed E-state index contributed by atoms with van der Waals surface area (Å²) in [5, 5.41) is 3.77. The zero-order valence-corrected chi connectivity index (χ0v) is 9.96. The first kappa shape index (κ1) is 12.7. The van der Waals surface area contributed by atoms with E-state index < -0.39 is 12.5 Å². The van der Waals surface area contributed by atoms with Crippen molar-refractivity contribution < 1.29 is 13.5 Å². The highest BCUT2D eigenvalue weighted by molar-refractivity contribution is 6.30. The lowest BCUT2D eigenvalue weighted by molar-refractivity contribution is -0.0814. The maximum absolute atomic E-state index is 12.3. The van der Waals surface area contributed by atoms with Gasteiger partial charge in [-0.2, -0.15) is 0 Å². The Kier molecular flexibility index (Phi) is 4.31. The van der Waals surface area contributed by atoms with Crippen LogP contribution in [0.4, 0.5) is 8.78 Å². The molecule has 2 nitrogen and oxygen atoms in total. The molecule has 0 amide bonds. The topological polar surface area (TPSA) is 21.3 Å². The summed E-state index contributed by atoms with van der Waals surface area (Å²) < 4.78 is 29.8. The van der Waals surface area contributed by atoms with Crippen LogP contribution < -0.4 is 5.32 Å². The van der Waals surface area contributed by atoms with E-state index in [9.17, 15) is 8.78 Å². The lowest BCUT2D eigenvalue weighted by atomic mass is 10.1. The SMILES string of the molecule is FC(F)C1CN[C@@H](Cc2ccc(Cl)cc2)CO1. The molecule has 1 N–H and O–H groups in total. The third-order valence-electron chi connectivity index (χ3n) is 2.80. The zero-order valence-electron chi connectivity index (χ0n) is 9.20. The van der Waals surface area contributed by atoms with Gasteiger partial charge in [0.2, 0.25) is 0 Å². The molecule has 2 atom stereocenters. The van der Waals surface area contributed by atoms with Crippen molar-refractivity contribution in [1.29, 1.82) is 0 Å². The van der Waals surface area contributed by atoms with Crippen molar-refractivity contribution in [2.45, 2.75) is 25.0 Å². The van der Waals surface area contributed by atoms with Crippen LogP contribution in [0.15, 0.2) is 24.3 Å². The Bertz CT molecular complexity index is 350. The largest absolute Gasteiger partial charge is 0.369 e. The standard InChI is InChI=1S/C12H14ClF2NO/c13-9-3-1-8(2-4-9)5-10-7-17-11(6-16-10)12(14)15/h1-4,10-12,16H,5-7H2/t10-,11?/m0/s1. The van der Waals surface area contributed by atoms with Crippen molar-refractivity contribution >= 4 is 11.6 Å². The second-order valence-electron chi connectivity index (χ2n) is 4.14. The molecule has 1 aliphatic rings. The van der Waals surface area contributed by atoms with Crippen LogP contribution in [0.2, 0.25) is 5.02 Å². The van der Waals surface area contributed by atoms with E-state index in [4.69, 9.17) is 16.3 Å². The molecule has 0 aromatic heterocycles. The number of rotatable bonds is 3. The van der Waals surface area contributed by atoms with Gasteiger partial charge in [0.25, 0.3) is 6.43 Å². The molecule has 2 rings (SSSR count). The van der Waals surface area contributed by atoms with Crippen molar-refractivity contribution in [3.63, 3.8) is 0 Å². The van der Waals surface area contributed by atoms with Crippen LogP contribution in [0.25, 0.3) is 0 Å². The van der Waals surface area contributed by atoms with Crippen molar-refractivity contribution in [2.24, 2.45) is 0 Å². The maximum Gasteiger partial charge on any atom is 0.265 e. The summed E-state index contributed by atoms with van der Waals surface area (Å²) in [6, 6.07) is 7.60. The van der Waals surface area contributed by atoms with Gasteiger partial charge in [-0.1, -0.05) is 23.7 Å². The normalized spacial score (nSPS) is 25.2. The summed E-state index contributed by atoms with van der Waals surface area (Å²) in [6.45, 7) is 0.521. The smallest absolute Gasteiger partial charge is 0.265 e. The van der Waals surface area contributed by atoms with E-state index in [1.807, 2.05) is 24.3 Å². The number of morpholine rings is 1. The highest BCUT2D eigenvalue weighted by atomic mass is 35.5. The van der Waals surface area contributed by atoms with E-state index in [-0.39, 0.29) is 12.6 Å². The molecule has 1 heterocycles. The summed E-state index contributed by atoms with van der Waals surface area (Å²) in [5.74, 6) is 0. The number of benzene rings is 1. The molecule has 0 spiro atoms. The minimum absolute atomic E-state index is 0.0891. The fourth-order valence-corrected chi connectivity index (χ4v) is 1.96. The molecule has 0 aliphatic carbocycles. The van der Waals surface area contributed by atoms with Crippen LogP contribution in [0.5, 0.6) is 0 Å². The molecule has 1 saturated heterocycles. The average molecular weight is 262 g/mol. The number of halogens is 3. The molecule has 0 saturated carbocycles. The molecule has 1 fully saturated rings. The molecular weight excluding hydrogens is 248 g/mol. The fourth-order valence-electron chi connectivity index (χ4n) is 1.84. The van der Waals surface area contributed by atoms with Gasteiger partial charge in [-0.3, -0.25) is 0 Å². The van der Waals surface area contributed by atoms with Crippen LogP contribution in [0.1, 0.15) is 5.56 Å². The van der Waals surface area contributed by atoms with E-state index in [1.54, 1.807) is 0 Å². The van der Waals surface area contributed by atoms with Gasteiger partial charge in [-0.25, -0.2) is 8.78 Å². The Balaban J connectivity index is 1.84. The van der Waals surface area contributed by atoms with E-state index in [0.29, 0.717) is 11.6 Å². The van der Waals surface area contributed by atoms with Gasteiger partial charge in [0.15, 0.2) is 0 Å². The fraction of sp³-hybridized carbons (Fsp3) is 0.500. The second kappa shape index (κ2) is 5.76. The van der Waals surface area contributed by atoms with Gasteiger partial charge in [0.05, 0.1) is 6.61 Å². The van der Waals surface area contributed by atoms with Crippen LogP contribution in [0.3, 0.4) is 0 Å². The second-order valence-corrected chi connectivity index (χ2v) is 4.58. The van der Waals surface area contributed by atoms with Gasteiger partial charge in [-0.05, 0) is 24.1 Å². The number of nitrogens with one attached hydrogen (secondary N) is 1. The van der Waals surface area contributed by atoms with Crippen LogP contribution in [-0.4, -0.2) is 31.7 Å². The number of ether oxygens (including phenoxy) is 1. The van der Waals surface area contributed by atoms with E-state index in [2.05, 4.69) is 5.32 Å². The molecule has 1 aromatic rings. The summed E-state index contributed by atoms with van der Waals surface area (Å²) >= 11 is 5.78. The number of hydrogen-bond donors (Lipinski definition) is 1. The van der Waals surface area contributed by atoms with Gasteiger partial charge in [0, 0.05) is 17.6 Å². The summed E-state index contributed by atoms with van der Waals surface area (Å²) in [7, 11) is 0. The van der Waals surface area contributed by atoms with Gasteiger partial charge in [0.1, 0.15) is 6.10 Å². The quantitative estimate of drug-likeness (QED) is 0.903. The van der Waals surface area contributed by atoms with E-state index >= 15 is 0 Å². The Morgan fingerprint density at radius 1 is 1.35 bits per heavy atom. The summed E-state index contributed by atoms with van der Waals surface area (Å²) in [6.07, 6.45) is -2.64. The Morgan fingerprint density at radius 3 is 2.59 bits per heavy atom. The van der Waals surface area contributed by atoms with Crippen LogP contribution >= 0.6 is 11.6 Å². The molecule has 1 aromatic carbocycles. The molecule has 94 valence electrons. The van der Waals surface area contributed by atoms with E-state index in [0.717, 1.165) is 12.0 Å². The zero-order chi connectivity index (χ0) is 12.3.